The summed E-state index contributed by atoms with van der Waals surface area (Å²) in [6.45, 7) is 5.84. The fourth-order valence-electron chi connectivity index (χ4n) is 4.22. The summed E-state index contributed by atoms with van der Waals surface area (Å²) in [4.78, 5) is 52.7. The first kappa shape index (κ1) is 22.7. The second-order valence-corrected chi connectivity index (χ2v) is 8.78. The Morgan fingerprint density at radius 2 is 1.55 bits per heavy atom. The van der Waals surface area contributed by atoms with Crippen molar-refractivity contribution in [3.63, 3.8) is 0 Å². The maximum absolute atomic E-state index is 13.1. The van der Waals surface area contributed by atoms with Crippen molar-refractivity contribution in [2.24, 2.45) is 17.8 Å². The number of benzene rings is 1. The van der Waals surface area contributed by atoms with Crippen molar-refractivity contribution in [3.8, 4) is 0 Å². The maximum atomic E-state index is 13.1. The quantitative estimate of drug-likeness (QED) is 0.493. The molecule has 31 heavy (non-hydrogen) atoms. The second-order valence-electron chi connectivity index (χ2n) is 8.78. The van der Waals surface area contributed by atoms with Crippen molar-refractivity contribution in [1.82, 2.24) is 15.5 Å². The third-order valence-corrected chi connectivity index (χ3v) is 5.91. The summed E-state index contributed by atoms with van der Waals surface area (Å²) in [5, 5.41) is 5.51. The van der Waals surface area contributed by atoms with Crippen molar-refractivity contribution in [1.29, 1.82) is 0 Å². The van der Waals surface area contributed by atoms with Gasteiger partial charge in [0.15, 0.2) is 0 Å². The van der Waals surface area contributed by atoms with E-state index in [1.807, 2.05) is 56.3 Å². The van der Waals surface area contributed by atoms with Gasteiger partial charge in [0.2, 0.25) is 23.6 Å². The molecule has 1 aliphatic heterocycles. The largest absolute Gasteiger partial charge is 0.350 e. The fraction of sp³-hybridized carbons (Fsp3) is 0.500. The minimum Gasteiger partial charge on any atom is -0.350 e. The van der Waals surface area contributed by atoms with Gasteiger partial charge in [-0.2, -0.15) is 0 Å². The Kier molecular flexibility index (Phi) is 7.25. The number of nitrogens with zero attached hydrogens (tertiary/aromatic N) is 1. The van der Waals surface area contributed by atoms with E-state index in [1.54, 1.807) is 6.92 Å². The minimum absolute atomic E-state index is 0.0966. The molecule has 1 heterocycles. The predicted molar refractivity (Wildman–Crippen MR) is 116 cm³/mol. The van der Waals surface area contributed by atoms with Crippen LogP contribution in [0.15, 0.2) is 42.5 Å². The van der Waals surface area contributed by atoms with Gasteiger partial charge in [-0.25, -0.2) is 0 Å². The highest BCUT2D eigenvalue weighted by Gasteiger charge is 2.51. The number of imide groups is 1. The van der Waals surface area contributed by atoms with E-state index in [9.17, 15) is 19.2 Å². The minimum atomic E-state index is -0.907. The molecule has 1 fully saturated rings. The first-order chi connectivity index (χ1) is 14.8. The summed E-state index contributed by atoms with van der Waals surface area (Å²) >= 11 is 0. The Hall–Kier alpha value is -2.96. The normalized spacial score (nSPS) is 22.3. The molecule has 0 aromatic heterocycles. The smallest absolute Gasteiger partial charge is 0.243 e. The molecule has 1 aromatic rings. The van der Waals surface area contributed by atoms with Gasteiger partial charge in [-0.1, -0.05) is 56.3 Å². The third-order valence-electron chi connectivity index (χ3n) is 5.91. The van der Waals surface area contributed by atoms with Crippen molar-refractivity contribution >= 4 is 23.6 Å². The summed E-state index contributed by atoms with van der Waals surface area (Å²) < 4.78 is 0. The molecule has 4 unspecified atom stereocenters. The number of nitrogens with one attached hydrogen (secondary N) is 2. The van der Waals surface area contributed by atoms with Gasteiger partial charge in [0.1, 0.15) is 12.1 Å². The average Bonchev–Trinajstić information content (AvgIpc) is 3.01. The Morgan fingerprint density at radius 1 is 0.968 bits per heavy atom. The van der Waals surface area contributed by atoms with Crippen LogP contribution in [-0.2, 0) is 25.7 Å². The van der Waals surface area contributed by atoms with Gasteiger partial charge in [-0.15, -0.1) is 0 Å². The summed E-state index contributed by atoms with van der Waals surface area (Å²) in [7, 11) is 0. The first-order valence-electron chi connectivity index (χ1n) is 10.9. The number of hydrogen-bond donors (Lipinski definition) is 2. The SMILES string of the molecule is CC(C)CC(C(=O)NC(C)C(=O)NCc1ccccc1)N1C(=O)C2CC=CCC2C1=O. The number of fused-ring (bicyclic) bond motifs is 1. The first-order valence-corrected chi connectivity index (χ1v) is 10.9. The van der Waals surface area contributed by atoms with Gasteiger partial charge in [0.25, 0.3) is 0 Å². The highest BCUT2D eigenvalue weighted by atomic mass is 16.2. The van der Waals surface area contributed by atoms with Crippen LogP contribution in [0, 0.1) is 17.8 Å². The van der Waals surface area contributed by atoms with Crippen LogP contribution >= 0.6 is 0 Å². The van der Waals surface area contributed by atoms with Crippen LogP contribution in [0.5, 0.6) is 0 Å². The lowest BCUT2D eigenvalue weighted by molar-refractivity contribution is -0.148. The van der Waals surface area contributed by atoms with Crippen LogP contribution in [0.4, 0.5) is 0 Å². The summed E-state index contributed by atoms with van der Waals surface area (Å²) in [5.41, 5.74) is 0.955. The van der Waals surface area contributed by atoms with Crippen LogP contribution in [-0.4, -0.2) is 40.6 Å². The molecular weight excluding hydrogens is 394 g/mol. The summed E-state index contributed by atoms with van der Waals surface area (Å²) in [6.07, 6.45) is 5.26. The zero-order valence-corrected chi connectivity index (χ0v) is 18.3. The molecule has 1 aromatic carbocycles. The molecule has 7 heteroatoms. The number of likely N-dealkylation sites (tertiary alicyclic amines) is 1. The molecule has 4 amide bonds. The van der Waals surface area contributed by atoms with E-state index in [4.69, 9.17) is 0 Å². The van der Waals surface area contributed by atoms with Crippen molar-refractivity contribution in [2.45, 2.75) is 58.7 Å². The van der Waals surface area contributed by atoms with Crippen LogP contribution in [0.3, 0.4) is 0 Å². The molecule has 7 nitrogen and oxygen atoms in total. The molecular formula is C24H31N3O4. The highest BCUT2D eigenvalue weighted by molar-refractivity contribution is 6.08. The second kappa shape index (κ2) is 9.90. The number of carbonyl (C=O) groups excluding carboxylic acids is 4. The molecule has 2 aliphatic rings. The van der Waals surface area contributed by atoms with Crippen LogP contribution < -0.4 is 10.6 Å². The molecule has 0 radical (unpaired) electrons. The van der Waals surface area contributed by atoms with Gasteiger partial charge in [-0.3, -0.25) is 24.1 Å². The highest BCUT2D eigenvalue weighted by Crippen LogP contribution is 2.37. The monoisotopic (exact) mass is 425 g/mol. The number of rotatable bonds is 8. The molecule has 3 rings (SSSR count). The van der Waals surface area contributed by atoms with Crippen molar-refractivity contribution in [2.75, 3.05) is 0 Å². The Morgan fingerprint density at radius 3 is 2.10 bits per heavy atom. The standard InChI is InChI=1S/C24H31N3O4/c1-15(2)13-20(27-23(30)18-11-7-8-12-19(18)24(27)31)22(29)26-16(3)21(28)25-14-17-9-5-4-6-10-17/h4-10,15-16,18-20H,11-14H2,1-3H3,(H,25,28)(H,26,29). The Balaban J connectivity index is 1.66. The fourth-order valence-corrected chi connectivity index (χ4v) is 4.22. The van der Waals surface area contributed by atoms with Crippen LogP contribution in [0.2, 0.25) is 0 Å². The van der Waals surface area contributed by atoms with E-state index in [0.29, 0.717) is 25.8 Å². The van der Waals surface area contributed by atoms with E-state index in [1.165, 1.54) is 0 Å². The molecule has 1 saturated heterocycles. The predicted octanol–water partition coefficient (Wildman–Crippen LogP) is 2.17. The molecule has 0 saturated carbocycles. The maximum Gasteiger partial charge on any atom is 0.243 e. The lowest BCUT2D eigenvalue weighted by Gasteiger charge is -2.28. The van der Waals surface area contributed by atoms with E-state index >= 15 is 0 Å². The van der Waals surface area contributed by atoms with Crippen LogP contribution in [0.25, 0.3) is 0 Å². The number of allylic oxidation sites excluding steroid dienone is 2. The molecule has 166 valence electrons. The Labute approximate surface area is 183 Å². The summed E-state index contributed by atoms with van der Waals surface area (Å²) in [5.74, 6) is -2.01. The number of amides is 4. The lowest BCUT2D eigenvalue weighted by atomic mass is 9.85. The molecule has 2 N–H and O–H groups in total. The average molecular weight is 426 g/mol. The topological polar surface area (TPSA) is 95.6 Å². The zero-order valence-electron chi connectivity index (χ0n) is 18.3. The molecule has 0 spiro atoms. The number of hydrogen-bond acceptors (Lipinski definition) is 4. The lowest BCUT2D eigenvalue weighted by Crippen LogP contribution is -2.54. The summed E-state index contributed by atoms with van der Waals surface area (Å²) in [6, 6.07) is 7.79. The van der Waals surface area contributed by atoms with E-state index in [0.717, 1.165) is 10.5 Å². The zero-order chi connectivity index (χ0) is 22.5. The van der Waals surface area contributed by atoms with E-state index in [2.05, 4.69) is 10.6 Å². The van der Waals surface area contributed by atoms with Gasteiger partial charge in [0.05, 0.1) is 11.8 Å². The van der Waals surface area contributed by atoms with Crippen LogP contribution in [0.1, 0.15) is 45.6 Å². The van der Waals surface area contributed by atoms with Gasteiger partial charge in [-0.05, 0) is 37.7 Å². The molecule has 4 atom stereocenters. The van der Waals surface area contributed by atoms with Gasteiger partial charge >= 0.3 is 0 Å². The van der Waals surface area contributed by atoms with Gasteiger partial charge in [0, 0.05) is 6.54 Å². The molecule has 0 bridgehead atoms. The van der Waals surface area contributed by atoms with E-state index in [-0.39, 0.29) is 35.5 Å². The van der Waals surface area contributed by atoms with Crippen molar-refractivity contribution < 1.29 is 19.2 Å². The van der Waals surface area contributed by atoms with Gasteiger partial charge < -0.3 is 10.6 Å². The third kappa shape index (κ3) is 5.21. The Bertz CT molecular complexity index is 839. The molecule has 1 aliphatic carbocycles. The van der Waals surface area contributed by atoms with E-state index < -0.39 is 18.0 Å². The number of carbonyl (C=O) groups is 4. The van der Waals surface area contributed by atoms with Crippen molar-refractivity contribution in [3.05, 3.63) is 48.0 Å².